The molecule has 2 rings (SSSR count). The fourth-order valence-electron chi connectivity index (χ4n) is 2.48. The summed E-state index contributed by atoms with van der Waals surface area (Å²) in [6.07, 6.45) is 7.54. The highest BCUT2D eigenvalue weighted by molar-refractivity contribution is 5.41. The smallest absolute Gasteiger partial charge is 0.132 e. The Labute approximate surface area is 103 Å². The Kier molecular flexibility index (Phi) is 4.31. The number of anilines is 1. The number of hydrogen-bond acceptors (Lipinski definition) is 4. The van der Waals surface area contributed by atoms with Gasteiger partial charge in [0.15, 0.2) is 0 Å². The Bertz CT molecular complexity index is 353. The van der Waals surface area contributed by atoms with Crippen molar-refractivity contribution in [2.24, 2.45) is 5.73 Å². The van der Waals surface area contributed by atoms with E-state index in [-0.39, 0.29) is 0 Å². The molecule has 1 unspecified atom stereocenters. The first-order valence-corrected chi connectivity index (χ1v) is 6.62. The summed E-state index contributed by atoms with van der Waals surface area (Å²) in [6.45, 7) is 3.96. The number of nitrogens with zero attached hydrogens (tertiary/aromatic N) is 3. The lowest BCUT2D eigenvalue weighted by atomic mass is 10.0. The number of nitrogens with two attached hydrogens (primary N) is 1. The molecule has 0 amide bonds. The molecule has 0 spiro atoms. The van der Waals surface area contributed by atoms with Crippen molar-refractivity contribution in [2.45, 2.75) is 45.1 Å². The maximum atomic E-state index is 5.84. The zero-order valence-corrected chi connectivity index (χ0v) is 10.6. The van der Waals surface area contributed by atoms with Crippen LogP contribution in [-0.4, -0.2) is 29.1 Å². The topological polar surface area (TPSA) is 55.0 Å². The molecule has 94 valence electrons. The van der Waals surface area contributed by atoms with Crippen molar-refractivity contribution in [1.82, 2.24) is 9.97 Å². The van der Waals surface area contributed by atoms with Crippen LogP contribution in [0.25, 0.3) is 0 Å². The average Bonchev–Trinajstić information content (AvgIpc) is 2.39. The van der Waals surface area contributed by atoms with E-state index in [2.05, 4.69) is 27.9 Å². The van der Waals surface area contributed by atoms with Crippen LogP contribution in [-0.2, 0) is 6.42 Å². The first-order valence-electron chi connectivity index (χ1n) is 6.62. The van der Waals surface area contributed by atoms with Crippen LogP contribution < -0.4 is 10.6 Å². The molecule has 4 nitrogen and oxygen atoms in total. The van der Waals surface area contributed by atoms with Crippen molar-refractivity contribution >= 4 is 5.82 Å². The first kappa shape index (κ1) is 12.3. The summed E-state index contributed by atoms with van der Waals surface area (Å²) in [6, 6.07) is 2.57. The Morgan fingerprint density at radius 3 is 3.06 bits per heavy atom. The Morgan fingerprint density at radius 2 is 2.29 bits per heavy atom. The van der Waals surface area contributed by atoms with Crippen LogP contribution in [0.2, 0.25) is 0 Å². The van der Waals surface area contributed by atoms with E-state index in [1.54, 1.807) is 6.33 Å². The molecule has 1 aliphatic heterocycles. The summed E-state index contributed by atoms with van der Waals surface area (Å²) in [5, 5.41) is 0. The molecule has 0 aliphatic carbocycles. The van der Waals surface area contributed by atoms with Crippen molar-refractivity contribution in [1.29, 1.82) is 0 Å². The van der Waals surface area contributed by atoms with Gasteiger partial charge in [0.2, 0.25) is 0 Å². The van der Waals surface area contributed by atoms with Crippen LogP contribution in [0.1, 0.15) is 38.3 Å². The minimum atomic E-state index is 0.452. The summed E-state index contributed by atoms with van der Waals surface area (Å²) in [7, 11) is 0. The molecule has 4 heteroatoms. The molecule has 1 atom stereocenters. The van der Waals surface area contributed by atoms with Gasteiger partial charge in [-0.25, -0.2) is 9.97 Å². The molecule has 1 aromatic heterocycles. The molecule has 1 aromatic rings. The number of rotatable bonds is 4. The van der Waals surface area contributed by atoms with E-state index in [1.165, 1.54) is 19.3 Å². The van der Waals surface area contributed by atoms with Gasteiger partial charge in [0.1, 0.15) is 12.1 Å². The molecule has 1 aliphatic rings. The van der Waals surface area contributed by atoms with Crippen LogP contribution in [0.3, 0.4) is 0 Å². The Hall–Kier alpha value is -1.16. The molecule has 1 fully saturated rings. The van der Waals surface area contributed by atoms with Crippen molar-refractivity contribution in [3.63, 3.8) is 0 Å². The summed E-state index contributed by atoms with van der Waals surface area (Å²) >= 11 is 0. The third-order valence-corrected chi connectivity index (χ3v) is 3.41. The maximum Gasteiger partial charge on any atom is 0.132 e. The van der Waals surface area contributed by atoms with Crippen LogP contribution in [0.15, 0.2) is 12.4 Å². The highest BCUT2D eigenvalue weighted by Gasteiger charge is 2.22. The summed E-state index contributed by atoms with van der Waals surface area (Å²) in [4.78, 5) is 11.1. The van der Waals surface area contributed by atoms with E-state index >= 15 is 0 Å². The second-order valence-corrected chi connectivity index (χ2v) is 4.70. The largest absolute Gasteiger partial charge is 0.352 e. The van der Waals surface area contributed by atoms with E-state index in [0.29, 0.717) is 12.6 Å². The predicted octanol–water partition coefficient (Wildman–Crippen LogP) is 1.75. The number of hydrogen-bond donors (Lipinski definition) is 1. The van der Waals surface area contributed by atoms with Crippen LogP contribution in [0.4, 0.5) is 5.82 Å². The SMILES string of the molecule is CCCc1cc(N2CCCCC2CN)ncn1. The monoisotopic (exact) mass is 234 g/mol. The molecule has 2 heterocycles. The standard InChI is InChI=1S/C13H22N4/c1-2-5-11-8-13(16-10-15-11)17-7-4-3-6-12(17)9-14/h8,10,12H,2-7,9,14H2,1H3. The number of piperidine rings is 1. The molecule has 17 heavy (non-hydrogen) atoms. The van der Waals surface area contributed by atoms with Crippen LogP contribution in [0.5, 0.6) is 0 Å². The van der Waals surface area contributed by atoms with Crippen molar-refractivity contribution in [3.05, 3.63) is 18.1 Å². The normalized spacial score (nSPS) is 20.6. The lowest BCUT2D eigenvalue weighted by Gasteiger charge is -2.36. The van der Waals surface area contributed by atoms with E-state index in [4.69, 9.17) is 5.73 Å². The quantitative estimate of drug-likeness (QED) is 0.862. The van der Waals surface area contributed by atoms with Gasteiger partial charge in [-0.3, -0.25) is 0 Å². The van der Waals surface area contributed by atoms with E-state index in [1.807, 2.05) is 0 Å². The van der Waals surface area contributed by atoms with Gasteiger partial charge in [0.05, 0.1) is 0 Å². The zero-order chi connectivity index (χ0) is 12.1. The summed E-state index contributed by atoms with van der Waals surface area (Å²) in [5.41, 5.74) is 6.98. The fraction of sp³-hybridized carbons (Fsp3) is 0.692. The molecular weight excluding hydrogens is 212 g/mol. The van der Waals surface area contributed by atoms with Gasteiger partial charge in [0, 0.05) is 30.9 Å². The average molecular weight is 234 g/mol. The maximum absolute atomic E-state index is 5.84. The van der Waals surface area contributed by atoms with Gasteiger partial charge in [-0.1, -0.05) is 13.3 Å². The second kappa shape index (κ2) is 5.96. The fourth-order valence-corrected chi connectivity index (χ4v) is 2.48. The van der Waals surface area contributed by atoms with E-state index in [9.17, 15) is 0 Å². The Morgan fingerprint density at radius 1 is 1.41 bits per heavy atom. The van der Waals surface area contributed by atoms with Crippen molar-refractivity contribution in [3.8, 4) is 0 Å². The lowest BCUT2D eigenvalue weighted by molar-refractivity contribution is 0.461. The van der Waals surface area contributed by atoms with Crippen LogP contribution in [0, 0.1) is 0 Å². The highest BCUT2D eigenvalue weighted by atomic mass is 15.2. The third kappa shape index (κ3) is 2.94. The van der Waals surface area contributed by atoms with Crippen molar-refractivity contribution < 1.29 is 0 Å². The summed E-state index contributed by atoms with van der Waals surface area (Å²) < 4.78 is 0. The predicted molar refractivity (Wildman–Crippen MR) is 70.1 cm³/mol. The van der Waals surface area contributed by atoms with Gasteiger partial charge in [-0.05, 0) is 25.7 Å². The molecule has 0 aromatic carbocycles. The minimum Gasteiger partial charge on any atom is -0.352 e. The van der Waals surface area contributed by atoms with Gasteiger partial charge >= 0.3 is 0 Å². The first-order chi connectivity index (χ1) is 8.35. The molecule has 0 radical (unpaired) electrons. The third-order valence-electron chi connectivity index (χ3n) is 3.41. The number of aromatic nitrogens is 2. The van der Waals surface area contributed by atoms with E-state index in [0.717, 1.165) is 30.9 Å². The Balaban J connectivity index is 2.16. The molecule has 1 saturated heterocycles. The van der Waals surface area contributed by atoms with Crippen molar-refractivity contribution in [2.75, 3.05) is 18.0 Å². The van der Waals surface area contributed by atoms with E-state index < -0.39 is 0 Å². The second-order valence-electron chi connectivity index (χ2n) is 4.70. The van der Waals surface area contributed by atoms with Gasteiger partial charge in [-0.2, -0.15) is 0 Å². The minimum absolute atomic E-state index is 0.452. The molecular formula is C13H22N4. The molecule has 0 saturated carbocycles. The molecule has 0 bridgehead atoms. The zero-order valence-electron chi connectivity index (χ0n) is 10.6. The number of aryl methyl sites for hydroxylation is 1. The van der Waals surface area contributed by atoms with Gasteiger partial charge in [0.25, 0.3) is 0 Å². The molecule has 2 N–H and O–H groups in total. The van der Waals surface area contributed by atoms with Crippen LogP contribution >= 0.6 is 0 Å². The van der Waals surface area contributed by atoms with Gasteiger partial charge < -0.3 is 10.6 Å². The lowest BCUT2D eigenvalue weighted by Crippen LogP contribution is -2.44. The van der Waals surface area contributed by atoms with Gasteiger partial charge in [-0.15, -0.1) is 0 Å². The highest BCUT2D eigenvalue weighted by Crippen LogP contribution is 2.22. The summed E-state index contributed by atoms with van der Waals surface area (Å²) in [5.74, 6) is 1.05.